The minimum absolute atomic E-state index is 0.0374. The minimum atomic E-state index is 0.0374. The molecule has 74 valence electrons. The fraction of sp³-hybridized carbons (Fsp3) is 0.364. The molecule has 0 aliphatic heterocycles. The van der Waals surface area contributed by atoms with Gasteiger partial charge in [0.05, 0.1) is 0 Å². The number of carbonyl (C=O) groups is 1. The summed E-state index contributed by atoms with van der Waals surface area (Å²) in [6.45, 7) is 0. The van der Waals surface area contributed by atoms with Crippen LogP contribution < -0.4 is 0 Å². The molecule has 0 spiro atoms. The third-order valence-electron chi connectivity index (χ3n) is 2.38. The fourth-order valence-corrected chi connectivity index (χ4v) is 1.95. The predicted octanol–water partition coefficient (Wildman–Crippen LogP) is 3.73. The first-order chi connectivity index (χ1) is 6.77. The van der Waals surface area contributed by atoms with E-state index < -0.39 is 0 Å². The first-order valence-electron chi connectivity index (χ1n) is 4.76. The highest BCUT2D eigenvalue weighted by Crippen LogP contribution is 2.23. The van der Waals surface area contributed by atoms with Gasteiger partial charge in [0.25, 0.3) is 0 Å². The third-order valence-corrected chi connectivity index (χ3v) is 2.81. The molecule has 1 aliphatic carbocycles. The highest BCUT2D eigenvalue weighted by atomic mass is 79.9. The zero-order valence-electron chi connectivity index (χ0n) is 7.75. The van der Waals surface area contributed by atoms with Crippen LogP contribution >= 0.6 is 15.9 Å². The summed E-state index contributed by atoms with van der Waals surface area (Å²) in [4.78, 5) is 11.8. The van der Waals surface area contributed by atoms with Crippen LogP contribution in [0.15, 0.2) is 32.9 Å². The van der Waals surface area contributed by atoms with E-state index >= 15 is 0 Å². The normalized spacial score (nSPS) is 16.5. The molecule has 0 radical (unpaired) electrons. The molecule has 1 aromatic rings. The Kier molecular flexibility index (Phi) is 2.87. The quantitative estimate of drug-likeness (QED) is 0.754. The molecule has 0 saturated heterocycles. The minimum Gasteiger partial charge on any atom is -0.446 e. The van der Waals surface area contributed by atoms with Gasteiger partial charge in [0.15, 0.2) is 10.4 Å². The largest absolute Gasteiger partial charge is 0.446 e. The molecule has 0 N–H and O–H groups in total. The van der Waals surface area contributed by atoms with Gasteiger partial charge in [0.1, 0.15) is 0 Å². The maximum absolute atomic E-state index is 11.8. The molecule has 14 heavy (non-hydrogen) atoms. The van der Waals surface area contributed by atoms with Crippen molar-refractivity contribution in [2.45, 2.75) is 25.7 Å². The molecular formula is C11H11BrO2. The molecule has 3 heteroatoms. The van der Waals surface area contributed by atoms with Gasteiger partial charge in [-0.05, 0) is 59.3 Å². The van der Waals surface area contributed by atoms with E-state index in [9.17, 15) is 4.79 Å². The smallest absolute Gasteiger partial charge is 0.223 e. The molecule has 2 nitrogen and oxygen atoms in total. The summed E-state index contributed by atoms with van der Waals surface area (Å²) in [6.07, 6.45) is 6.24. The summed E-state index contributed by atoms with van der Waals surface area (Å²) in [5, 5.41) is 0. The SMILES string of the molecule is O=C(C1=CCCCC1)c1ccc(Br)o1. The molecule has 2 rings (SSSR count). The van der Waals surface area contributed by atoms with Gasteiger partial charge < -0.3 is 4.42 Å². The Morgan fingerprint density at radius 2 is 2.21 bits per heavy atom. The van der Waals surface area contributed by atoms with Crippen molar-refractivity contribution < 1.29 is 9.21 Å². The number of hydrogen-bond acceptors (Lipinski definition) is 2. The summed E-state index contributed by atoms with van der Waals surface area (Å²) in [7, 11) is 0. The van der Waals surface area contributed by atoms with Gasteiger partial charge in [-0.15, -0.1) is 0 Å². The van der Waals surface area contributed by atoms with Gasteiger partial charge in [0, 0.05) is 0 Å². The topological polar surface area (TPSA) is 30.2 Å². The summed E-state index contributed by atoms with van der Waals surface area (Å²) < 4.78 is 5.83. The average Bonchev–Trinajstić information content (AvgIpc) is 2.65. The second-order valence-electron chi connectivity index (χ2n) is 3.41. The lowest BCUT2D eigenvalue weighted by Gasteiger charge is -2.09. The van der Waals surface area contributed by atoms with Crippen molar-refractivity contribution in [3.05, 3.63) is 34.2 Å². The molecule has 0 saturated carbocycles. The Morgan fingerprint density at radius 3 is 2.79 bits per heavy atom. The highest BCUT2D eigenvalue weighted by molar-refractivity contribution is 9.10. The number of furan rings is 1. The molecular weight excluding hydrogens is 244 g/mol. The molecule has 0 amide bonds. The van der Waals surface area contributed by atoms with Gasteiger partial charge >= 0.3 is 0 Å². The van der Waals surface area contributed by atoms with E-state index in [1.54, 1.807) is 12.1 Å². The summed E-state index contributed by atoms with van der Waals surface area (Å²) in [6, 6.07) is 3.46. The molecule has 1 aliphatic rings. The molecule has 0 unspecified atom stereocenters. The first kappa shape index (κ1) is 9.71. The zero-order valence-corrected chi connectivity index (χ0v) is 9.34. The van der Waals surface area contributed by atoms with Crippen LogP contribution in [0.3, 0.4) is 0 Å². The van der Waals surface area contributed by atoms with E-state index in [4.69, 9.17) is 4.42 Å². The van der Waals surface area contributed by atoms with E-state index in [0.717, 1.165) is 24.8 Å². The number of hydrogen-bond donors (Lipinski definition) is 0. The predicted molar refractivity (Wildman–Crippen MR) is 57.3 cm³/mol. The van der Waals surface area contributed by atoms with Crippen LogP contribution in [0.25, 0.3) is 0 Å². The van der Waals surface area contributed by atoms with Crippen molar-refractivity contribution in [3.63, 3.8) is 0 Å². The Balaban J connectivity index is 2.19. The fourth-order valence-electron chi connectivity index (χ4n) is 1.64. The van der Waals surface area contributed by atoms with Crippen LogP contribution in [0.5, 0.6) is 0 Å². The van der Waals surface area contributed by atoms with E-state index in [1.165, 1.54) is 6.42 Å². The molecule has 0 atom stereocenters. The Morgan fingerprint density at radius 1 is 1.36 bits per heavy atom. The Bertz CT molecular complexity index is 376. The van der Waals surface area contributed by atoms with E-state index in [0.29, 0.717) is 10.4 Å². The molecule has 1 heterocycles. The van der Waals surface area contributed by atoms with Gasteiger partial charge in [-0.25, -0.2) is 0 Å². The van der Waals surface area contributed by atoms with Crippen molar-refractivity contribution in [2.75, 3.05) is 0 Å². The lowest BCUT2D eigenvalue weighted by Crippen LogP contribution is -2.05. The Hall–Kier alpha value is -0.830. The molecule has 0 aromatic carbocycles. The van der Waals surface area contributed by atoms with E-state index in [2.05, 4.69) is 15.9 Å². The van der Waals surface area contributed by atoms with Crippen molar-refractivity contribution in [1.82, 2.24) is 0 Å². The van der Waals surface area contributed by atoms with E-state index in [1.807, 2.05) is 6.08 Å². The number of halogens is 1. The first-order valence-corrected chi connectivity index (χ1v) is 5.56. The Labute approximate surface area is 91.1 Å². The van der Waals surface area contributed by atoms with Gasteiger partial charge in [-0.3, -0.25) is 4.79 Å². The second-order valence-corrected chi connectivity index (χ2v) is 4.19. The maximum Gasteiger partial charge on any atom is 0.223 e. The van der Waals surface area contributed by atoms with Crippen LogP contribution in [0.4, 0.5) is 0 Å². The van der Waals surface area contributed by atoms with Crippen LogP contribution in [0.2, 0.25) is 0 Å². The highest BCUT2D eigenvalue weighted by Gasteiger charge is 2.17. The van der Waals surface area contributed by atoms with Crippen molar-refractivity contribution in [1.29, 1.82) is 0 Å². The van der Waals surface area contributed by atoms with Crippen molar-refractivity contribution in [2.24, 2.45) is 0 Å². The lowest BCUT2D eigenvalue weighted by atomic mass is 9.95. The van der Waals surface area contributed by atoms with Gasteiger partial charge in [0.2, 0.25) is 5.78 Å². The van der Waals surface area contributed by atoms with Crippen molar-refractivity contribution >= 4 is 21.7 Å². The molecule has 0 bridgehead atoms. The third kappa shape index (κ3) is 1.98. The number of Topliss-reactive ketones (excluding diaryl/α,β-unsaturated/α-hetero) is 1. The lowest BCUT2D eigenvalue weighted by molar-refractivity contribution is 0.0997. The molecule has 0 fully saturated rings. The number of carbonyl (C=O) groups excluding carboxylic acids is 1. The van der Waals surface area contributed by atoms with Gasteiger partial charge in [-0.1, -0.05) is 6.08 Å². The summed E-state index contributed by atoms with van der Waals surface area (Å²) in [5.74, 6) is 0.473. The molecule has 1 aromatic heterocycles. The van der Waals surface area contributed by atoms with Crippen molar-refractivity contribution in [3.8, 4) is 0 Å². The number of allylic oxidation sites excluding steroid dienone is 2. The monoisotopic (exact) mass is 254 g/mol. The summed E-state index contributed by atoms with van der Waals surface area (Å²) in [5.41, 5.74) is 0.901. The number of ketones is 1. The van der Waals surface area contributed by atoms with Crippen LogP contribution in [0.1, 0.15) is 36.2 Å². The van der Waals surface area contributed by atoms with Crippen LogP contribution in [-0.4, -0.2) is 5.78 Å². The zero-order chi connectivity index (χ0) is 9.97. The van der Waals surface area contributed by atoms with Crippen LogP contribution in [-0.2, 0) is 0 Å². The standard InChI is InChI=1S/C11H11BrO2/c12-10-7-6-9(14-10)11(13)8-4-2-1-3-5-8/h4,6-7H,1-3,5H2. The van der Waals surface area contributed by atoms with E-state index in [-0.39, 0.29) is 5.78 Å². The average molecular weight is 255 g/mol. The summed E-state index contributed by atoms with van der Waals surface area (Å²) >= 11 is 3.19. The van der Waals surface area contributed by atoms with Gasteiger partial charge in [-0.2, -0.15) is 0 Å². The maximum atomic E-state index is 11.8. The number of rotatable bonds is 2. The van der Waals surface area contributed by atoms with Crippen LogP contribution in [0, 0.1) is 0 Å². The second kappa shape index (κ2) is 4.13.